The number of hydrogen-bond donors (Lipinski definition) is 3. The predicted molar refractivity (Wildman–Crippen MR) is 64.1 cm³/mol. The monoisotopic (exact) mass is 224 g/mol. The zero-order chi connectivity index (χ0) is 11.6. The SMILES string of the molecule is Cn1cc(N)c(NC2(CO)CCCCC2)n1. The van der Waals surface area contributed by atoms with Crippen molar-refractivity contribution < 1.29 is 5.11 Å². The summed E-state index contributed by atoms with van der Waals surface area (Å²) in [4.78, 5) is 0. The Bertz CT molecular complexity index is 355. The van der Waals surface area contributed by atoms with Gasteiger partial charge in [-0.25, -0.2) is 0 Å². The number of aryl methyl sites for hydroxylation is 1. The highest BCUT2D eigenvalue weighted by molar-refractivity contribution is 5.61. The standard InChI is InChI=1S/C11H20N4O/c1-15-7-9(12)10(14-15)13-11(8-16)5-3-2-4-6-11/h7,16H,2-6,8,12H2,1H3,(H,13,14). The normalized spacial score (nSPS) is 19.6. The summed E-state index contributed by atoms with van der Waals surface area (Å²) in [5.41, 5.74) is 6.26. The zero-order valence-corrected chi connectivity index (χ0v) is 9.74. The minimum atomic E-state index is -0.222. The number of nitrogens with two attached hydrogens (primary N) is 1. The van der Waals surface area contributed by atoms with E-state index in [1.54, 1.807) is 10.9 Å². The zero-order valence-electron chi connectivity index (χ0n) is 9.74. The summed E-state index contributed by atoms with van der Waals surface area (Å²) in [6.45, 7) is 0.142. The van der Waals surface area contributed by atoms with E-state index in [4.69, 9.17) is 5.73 Å². The molecule has 5 heteroatoms. The van der Waals surface area contributed by atoms with Gasteiger partial charge in [0.25, 0.3) is 0 Å². The number of hydrogen-bond acceptors (Lipinski definition) is 4. The molecule has 1 aromatic rings. The molecule has 0 aromatic carbocycles. The lowest BCUT2D eigenvalue weighted by Gasteiger charge is -2.36. The molecule has 90 valence electrons. The molecule has 0 unspecified atom stereocenters. The number of aliphatic hydroxyl groups excluding tert-OH is 1. The Morgan fingerprint density at radius 2 is 2.19 bits per heavy atom. The van der Waals surface area contributed by atoms with Gasteiger partial charge in [0.1, 0.15) is 0 Å². The molecule has 1 saturated carbocycles. The van der Waals surface area contributed by atoms with E-state index in [1.807, 2.05) is 7.05 Å². The third-order valence-corrected chi connectivity index (χ3v) is 3.35. The van der Waals surface area contributed by atoms with Crippen LogP contribution >= 0.6 is 0 Å². The maximum absolute atomic E-state index is 9.56. The summed E-state index contributed by atoms with van der Waals surface area (Å²) in [6, 6.07) is 0. The Labute approximate surface area is 95.6 Å². The fourth-order valence-electron chi connectivity index (χ4n) is 2.41. The van der Waals surface area contributed by atoms with E-state index in [9.17, 15) is 5.11 Å². The summed E-state index contributed by atoms with van der Waals surface area (Å²) in [5.74, 6) is 0.693. The van der Waals surface area contributed by atoms with Crippen molar-refractivity contribution in [2.24, 2.45) is 7.05 Å². The van der Waals surface area contributed by atoms with E-state index >= 15 is 0 Å². The minimum Gasteiger partial charge on any atom is -0.394 e. The van der Waals surface area contributed by atoms with Crippen LogP contribution in [0.1, 0.15) is 32.1 Å². The van der Waals surface area contributed by atoms with Gasteiger partial charge in [0.15, 0.2) is 5.82 Å². The van der Waals surface area contributed by atoms with Gasteiger partial charge in [0.05, 0.1) is 17.8 Å². The van der Waals surface area contributed by atoms with E-state index < -0.39 is 0 Å². The number of nitrogen functional groups attached to an aromatic ring is 1. The van der Waals surface area contributed by atoms with Crippen molar-refractivity contribution in [3.8, 4) is 0 Å². The molecular formula is C11H20N4O. The maximum Gasteiger partial charge on any atom is 0.171 e. The summed E-state index contributed by atoms with van der Waals surface area (Å²) in [7, 11) is 1.84. The number of aromatic nitrogens is 2. The van der Waals surface area contributed by atoms with E-state index in [0.29, 0.717) is 11.5 Å². The van der Waals surface area contributed by atoms with E-state index in [1.165, 1.54) is 6.42 Å². The van der Waals surface area contributed by atoms with Crippen molar-refractivity contribution in [3.05, 3.63) is 6.20 Å². The average Bonchev–Trinajstić information content (AvgIpc) is 2.59. The van der Waals surface area contributed by atoms with Crippen LogP contribution < -0.4 is 11.1 Å². The number of aliphatic hydroxyl groups is 1. The van der Waals surface area contributed by atoms with Gasteiger partial charge in [-0.3, -0.25) is 4.68 Å². The van der Waals surface area contributed by atoms with Gasteiger partial charge in [-0.05, 0) is 12.8 Å². The van der Waals surface area contributed by atoms with Crippen LogP contribution in [-0.4, -0.2) is 27.0 Å². The molecule has 5 nitrogen and oxygen atoms in total. The number of anilines is 2. The molecule has 0 saturated heterocycles. The highest BCUT2D eigenvalue weighted by atomic mass is 16.3. The van der Waals surface area contributed by atoms with Crippen LogP contribution in [0.2, 0.25) is 0 Å². The van der Waals surface area contributed by atoms with Gasteiger partial charge < -0.3 is 16.2 Å². The van der Waals surface area contributed by atoms with Crippen LogP contribution in [0.5, 0.6) is 0 Å². The lowest BCUT2D eigenvalue weighted by Crippen LogP contribution is -2.44. The van der Waals surface area contributed by atoms with Crippen LogP contribution in [-0.2, 0) is 7.05 Å². The molecule has 1 heterocycles. The Morgan fingerprint density at radius 3 is 2.69 bits per heavy atom. The molecule has 1 aliphatic rings. The molecule has 4 N–H and O–H groups in total. The number of rotatable bonds is 3. The van der Waals surface area contributed by atoms with Crippen molar-refractivity contribution in [2.45, 2.75) is 37.6 Å². The van der Waals surface area contributed by atoms with Crippen LogP contribution in [0, 0.1) is 0 Å². The summed E-state index contributed by atoms with van der Waals surface area (Å²) < 4.78 is 1.69. The van der Waals surface area contributed by atoms with Crippen molar-refractivity contribution in [1.82, 2.24) is 9.78 Å². The Kier molecular flexibility index (Phi) is 3.05. The first-order valence-electron chi connectivity index (χ1n) is 5.83. The van der Waals surface area contributed by atoms with Gasteiger partial charge in [0, 0.05) is 13.2 Å². The third kappa shape index (κ3) is 2.14. The van der Waals surface area contributed by atoms with Gasteiger partial charge in [0.2, 0.25) is 0 Å². The van der Waals surface area contributed by atoms with Crippen LogP contribution in [0.25, 0.3) is 0 Å². The third-order valence-electron chi connectivity index (χ3n) is 3.35. The average molecular weight is 224 g/mol. The molecule has 0 bridgehead atoms. The lowest BCUT2D eigenvalue weighted by atomic mass is 9.82. The van der Waals surface area contributed by atoms with Gasteiger partial charge >= 0.3 is 0 Å². The Balaban J connectivity index is 2.14. The topological polar surface area (TPSA) is 76.1 Å². The van der Waals surface area contributed by atoms with Gasteiger partial charge in [-0.15, -0.1) is 0 Å². The maximum atomic E-state index is 9.56. The lowest BCUT2D eigenvalue weighted by molar-refractivity contribution is 0.172. The van der Waals surface area contributed by atoms with Crippen LogP contribution in [0.3, 0.4) is 0 Å². The summed E-state index contributed by atoms with van der Waals surface area (Å²) in [5, 5.41) is 17.2. The first-order chi connectivity index (χ1) is 7.65. The Morgan fingerprint density at radius 1 is 1.50 bits per heavy atom. The fraction of sp³-hybridized carbons (Fsp3) is 0.727. The highest BCUT2D eigenvalue weighted by Gasteiger charge is 2.32. The van der Waals surface area contributed by atoms with E-state index in [0.717, 1.165) is 25.7 Å². The second-order valence-electron chi connectivity index (χ2n) is 4.73. The van der Waals surface area contributed by atoms with Gasteiger partial charge in [-0.1, -0.05) is 19.3 Å². The van der Waals surface area contributed by atoms with Crippen LogP contribution in [0.15, 0.2) is 6.20 Å². The molecule has 1 aromatic heterocycles. The summed E-state index contributed by atoms with van der Waals surface area (Å²) >= 11 is 0. The van der Waals surface area contributed by atoms with Crippen molar-refractivity contribution in [2.75, 3.05) is 17.7 Å². The largest absolute Gasteiger partial charge is 0.394 e. The highest BCUT2D eigenvalue weighted by Crippen LogP contribution is 2.32. The fourth-order valence-corrected chi connectivity index (χ4v) is 2.41. The number of nitrogens with zero attached hydrogens (tertiary/aromatic N) is 2. The van der Waals surface area contributed by atoms with Crippen molar-refractivity contribution >= 4 is 11.5 Å². The smallest absolute Gasteiger partial charge is 0.171 e. The second-order valence-corrected chi connectivity index (χ2v) is 4.73. The first kappa shape index (κ1) is 11.3. The quantitative estimate of drug-likeness (QED) is 0.719. The van der Waals surface area contributed by atoms with Gasteiger partial charge in [-0.2, -0.15) is 5.10 Å². The molecule has 0 radical (unpaired) electrons. The second kappa shape index (κ2) is 4.33. The first-order valence-corrected chi connectivity index (χ1v) is 5.83. The summed E-state index contributed by atoms with van der Waals surface area (Å²) in [6.07, 6.45) is 7.30. The molecule has 2 rings (SSSR count). The molecular weight excluding hydrogens is 204 g/mol. The minimum absolute atomic E-state index is 0.142. The van der Waals surface area contributed by atoms with E-state index in [-0.39, 0.29) is 12.1 Å². The molecule has 16 heavy (non-hydrogen) atoms. The van der Waals surface area contributed by atoms with E-state index in [2.05, 4.69) is 10.4 Å². The molecule has 0 spiro atoms. The van der Waals surface area contributed by atoms with Crippen molar-refractivity contribution in [1.29, 1.82) is 0 Å². The molecule has 1 fully saturated rings. The number of nitrogens with one attached hydrogen (secondary N) is 1. The molecule has 1 aliphatic carbocycles. The van der Waals surface area contributed by atoms with Crippen molar-refractivity contribution in [3.63, 3.8) is 0 Å². The Hall–Kier alpha value is -1.23. The van der Waals surface area contributed by atoms with Crippen LogP contribution in [0.4, 0.5) is 11.5 Å². The molecule has 0 aliphatic heterocycles. The predicted octanol–water partition coefficient (Wildman–Crippen LogP) is 1.11. The molecule has 0 atom stereocenters. The molecule has 0 amide bonds.